The van der Waals surface area contributed by atoms with Gasteiger partial charge in [0.15, 0.2) is 0 Å². The number of hydrogen-bond donors (Lipinski definition) is 2. The maximum absolute atomic E-state index is 13.0. The van der Waals surface area contributed by atoms with Crippen LogP contribution >= 0.6 is 0 Å². The number of carbonyl (C=O) groups is 6. The fourth-order valence-corrected chi connectivity index (χ4v) is 15.7. The molecule has 2 aliphatic heterocycles. The van der Waals surface area contributed by atoms with Gasteiger partial charge in [0.05, 0.1) is 31.8 Å². The molecule has 0 radical (unpaired) electrons. The standard InChI is InChI=1S/C15H21NO2.C14H23F2NO.C14H18FNO.C14H25NO2.C13H23NO2.C13H20O.C12H22N2O2/c1-2-18-15(17)16(12-14-8-9-14)11-10-13-6-4-3-5-7-13;1-2-9-17(12-3-4-12)13(18)10-11-5-7-14(15,16)8-6-11;1-2-9-16(13-7-8-13)14(17)10-11-3-5-12(15)6-4-11;1-2-9-15(12-5-6-12)14(17)10-11-3-7-13(16)8-4-11;1-2-7-14(12-3-4-12)13(15)10-11-5-8-16-9-6-11;1-4-8-14-10-12-6-5-7-13(9-12)11(2)3;1-2-7-14(10-5-6-10)12(15)13-9-11-4-3-8-16-11/h3-7,14H,2,8-12H2,1H3;11-12H,2-10H2,1H3;3-6,13H,2,7-10H2,1H3;11-13,16H,2-10H2,1H3;11-12H,2-10H2,1H3;5-7,9,11H,4,8,10H2,1-3H3;10-11H,2-9H2,1H3,(H,13,15). The van der Waals surface area contributed by atoms with Crippen LogP contribution in [0.2, 0.25) is 0 Å². The summed E-state index contributed by atoms with van der Waals surface area (Å²) < 4.78 is 60.2. The third-order valence-corrected chi connectivity index (χ3v) is 23.4. The van der Waals surface area contributed by atoms with Gasteiger partial charge in [-0.3, -0.25) is 19.2 Å². The van der Waals surface area contributed by atoms with Crippen molar-refractivity contribution in [3.05, 3.63) is 107 Å². The number of nitrogens with zero attached hydrogens (tertiary/aromatic N) is 6. The van der Waals surface area contributed by atoms with Crippen LogP contribution in [0, 0.1) is 29.5 Å². The molecule has 654 valence electrons. The molecule has 8 aliphatic carbocycles. The maximum Gasteiger partial charge on any atom is 0.409 e. The summed E-state index contributed by atoms with van der Waals surface area (Å²) in [4.78, 5) is 84.5. The Labute approximate surface area is 696 Å². The van der Waals surface area contributed by atoms with Gasteiger partial charge in [0.25, 0.3) is 0 Å². The zero-order valence-electron chi connectivity index (χ0n) is 72.9. The molecule has 0 bridgehead atoms. The van der Waals surface area contributed by atoms with Gasteiger partial charge in [-0.05, 0) is 257 Å². The highest BCUT2D eigenvalue weighted by Crippen LogP contribution is 2.40. The molecule has 7 amide bonds. The SMILES string of the molecule is CCCN(C(=O)CC1CCC(F)(F)CC1)C1CC1.CCCN(C(=O)CC1CCC(O)CC1)C1CC1.CCCN(C(=O)CC1CCOCC1)C1CC1.CCCN(C(=O)Cc1ccc(F)cc1)C1CC1.CCCN(C(=O)NCC1CCCO1)C1CC1.CCCOCc1cccc(C(C)C)c1.CCOC(=O)N(CCc1ccccc1)CC1CC1. The van der Waals surface area contributed by atoms with Gasteiger partial charge in [0.1, 0.15) is 5.82 Å². The Morgan fingerprint density at radius 3 is 1.42 bits per heavy atom. The van der Waals surface area contributed by atoms with E-state index in [4.69, 9.17) is 18.9 Å². The number of rotatable bonds is 36. The molecule has 2 saturated heterocycles. The Bertz CT molecular complexity index is 3230. The number of nitrogens with one attached hydrogen (secondary N) is 1. The lowest BCUT2D eigenvalue weighted by atomic mass is 9.84. The highest BCUT2D eigenvalue weighted by Gasteiger charge is 2.40. The van der Waals surface area contributed by atoms with E-state index in [1.807, 2.05) is 44.7 Å². The normalized spacial score (nSPS) is 20.1. The summed E-state index contributed by atoms with van der Waals surface area (Å²) in [6.45, 7) is 30.2. The van der Waals surface area contributed by atoms with E-state index in [-0.39, 0.29) is 60.7 Å². The van der Waals surface area contributed by atoms with E-state index in [1.54, 1.807) is 12.1 Å². The summed E-state index contributed by atoms with van der Waals surface area (Å²) in [6, 6.07) is 27.7. The molecule has 13 rings (SSSR count). The van der Waals surface area contributed by atoms with Gasteiger partial charge >= 0.3 is 12.1 Å². The van der Waals surface area contributed by atoms with Gasteiger partial charge in [0, 0.05) is 141 Å². The fourth-order valence-electron chi connectivity index (χ4n) is 15.7. The van der Waals surface area contributed by atoms with Crippen LogP contribution in [0.1, 0.15) is 302 Å². The molecule has 21 heteroatoms. The monoisotopic (exact) mass is 1620 g/mol. The molecule has 0 spiro atoms. The molecule has 10 fully saturated rings. The highest BCUT2D eigenvalue weighted by atomic mass is 19.3. The average Bonchev–Trinajstić information content (AvgIpc) is 1.70. The van der Waals surface area contributed by atoms with Crippen LogP contribution in [-0.4, -0.2) is 204 Å². The van der Waals surface area contributed by atoms with Gasteiger partial charge in [0.2, 0.25) is 29.6 Å². The predicted molar refractivity (Wildman–Crippen MR) is 457 cm³/mol. The Morgan fingerprint density at radius 2 is 0.966 bits per heavy atom. The zero-order valence-corrected chi connectivity index (χ0v) is 72.9. The first-order chi connectivity index (χ1) is 56.1. The van der Waals surface area contributed by atoms with E-state index in [0.717, 1.165) is 213 Å². The van der Waals surface area contributed by atoms with Gasteiger partial charge in [-0.1, -0.05) is 122 Å². The number of alkyl halides is 2. The fraction of sp³-hybridized carbons (Fsp3) is 0.747. The van der Waals surface area contributed by atoms with Gasteiger partial charge < -0.3 is 58.8 Å². The maximum atomic E-state index is 13.0. The number of halogens is 3. The molecule has 116 heavy (non-hydrogen) atoms. The summed E-state index contributed by atoms with van der Waals surface area (Å²) in [6.07, 6.45) is 32.7. The molecule has 3 aromatic carbocycles. The summed E-state index contributed by atoms with van der Waals surface area (Å²) in [5, 5.41) is 12.5. The van der Waals surface area contributed by atoms with Crippen LogP contribution in [-0.2, 0) is 57.6 Å². The van der Waals surface area contributed by atoms with E-state index in [1.165, 1.54) is 80.2 Å². The predicted octanol–water partition coefficient (Wildman–Crippen LogP) is 19.5. The molecule has 1 unspecified atom stereocenters. The lowest BCUT2D eigenvalue weighted by molar-refractivity contribution is -0.134. The minimum absolute atomic E-state index is 0.0395. The average molecular weight is 1630 g/mol. The van der Waals surface area contributed by atoms with E-state index in [9.17, 15) is 47.0 Å². The van der Waals surface area contributed by atoms with E-state index >= 15 is 0 Å². The quantitative estimate of drug-likeness (QED) is 0.0527. The summed E-state index contributed by atoms with van der Waals surface area (Å²) in [7, 11) is 0. The lowest BCUT2D eigenvalue weighted by Gasteiger charge is -2.30. The number of ether oxygens (including phenoxy) is 4. The first-order valence-corrected chi connectivity index (χ1v) is 45.9. The third kappa shape index (κ3) is 38.8. The van der Waals surface area contributed by atoms with Crippen molar-refractivity contribution in [2.45, 2.75) is 348 Å². The topological polar surface area (TPSA) is 191 Å². The molecule has 2 N–H and O–H groups in total. The van der Waals surface area contributed by atoms with Crippen LogP contribution in [0.3, 0.4) is 0 Å². The summed E-state index contributed by atoms with van der Waals surface area (Å²) in [5.74, 6) is 0.917. The Hall–Kier alpha value is -6.29. The Morgan fingerprint density at radius 1 is 0.500 bits per heavy atom. The first-order valence-electron chi connectivity index (χ1n) is 45.9. The lowest BCUT2D eigenvalue weighted by Crippen LogP contribution is -2.44. The van der Waals surface area contributed by atoms with Crippen molar-refractivity contribution >= 4 is 35.8 Å². The molecular weight excluding hydrogens is 1470 g/mol. The van der Waals surface area contributed by atoms with E-state index < -0.39 is 5.92 Å². The van der Waals surface area contributed by atoms with E-state index in [2.05, 4.69) is 107 Å². The van der Waals surface area contributed by atoms with Gasteiger partial charge in [-0.2, -0.15) is 0 Å². The van der Waals surface area contributed by atoms with E-state index in [0.29, 0.717) is 111 Å². The number of aliphatic hydroxyl groups excluding tert-OH is 1. The van der Waals surface area contributed by atoms with Crippen molar-refractivity contribution in [3.63, 3.8) is 0 Å². The third-order valence-electron chi connectivity index (χ3n) is 23.4. The zero-order chi connectivity index (χ0) is 83.6. The van der Waals surface area contributed by atoms with Crippen LogP contribution in [0.4, 0.5) is 22.8 Å². The number of amides is 7. The first kappa shape index (κ1) is 96.8. The molecule has 18 nitrogen and oxygen atoms in total. The minimum Gasteiger partial charge on any atom is -0.450 e. The Kier molecular flexibility index (Phi) is 44.6. The van der Waals surface area contributed by atoms with Crippen molar-refractivity contribution in [2.75, 3.05) is 85.4 Å². The molecule has 8 saturated carbocycles. The Balaban J connectivity index is 0.000000187. The molecule has 3 aromatic rings. The van der Waals surface area contributed by atoms with Crippen molar-refractivity contribution < 1.29 is 66.0 Å². The van der Waals surface area contributed by atoms with Crippen LogP contribution in [0.15, 0.2) is 78.9 Å². The van der Waals surface area contributed by atoms with Crippen LogP contribution in [0.5, 0.6) is 0 Å². The number of hydrogen-bond acceptors (Lipinski definition) is 11. The summed E-state index contributed by atoms with van der Waals surface area (Å²) in [5.41, 5.74) is 4.83. The number of urea groups is 1. The highest BCUT2D eigenvalue weighted by molar-refractivity contribution is 5.80. The second-order valence-electron chi connectivity index (χ2n) is 34.7. The number of aliphatic hydroxyl groups is 1. The molecular formula is C95H152F3N7O11. The van der Waals surface area contributed by atoms with Crippen LogP contribution < -0.4 is 5.32 Å². The second kappa shape index (κ2) is 53.4. The van der Waals surface area contributed by atoms with Crippen molar-refractivity contribution in [3.8, 4) is 0 Å². The summed E-state index contributed by atoms with van der Waals surface area (Å²) >= 11 is 0. The van der Waals surface area contributed by atoms with Gasteiger partial charge in [-0.25, -0.2) is 22.8 Å². The molecule has 0 aromatic heterocycles. The molecule has 2 heterocycles. The molecule has 10 aliphatic rings. The largest absolute Gasteiger partial charge is 0.450 e. The van der Waals surface area contributed by atoms with Gasteiger partial charge in [-0.15, -0.1) is 0 Å². The number of carbonyl (C=O) groups excluding carboxylic acids is 6. The van der Waals surface area contributed by atoms with Crippen molar-refractivity contribution in [1.29, 1.82) is 0 Å². The second-order valence-corrected chi connectivity index (χ2v) is 34.7. The number of benzene rings is 3. The van der Waals surface area contributed by atoms with Crippen molar-refractivity contribution in [1.82, 2.24) is 34.7 Å². The van der Waals surface area contributed by atoms with Crippen LogP contribution in [0.25, 0.3) is 0 Å². The van der Waals surface area contributed by atoms with Crippen molar-refractivity contribution in [2.24, 2.45) is 23.7 Å². The smallest absolute Gasteiger partial charge is 0.409 e. The molecule has 1 atom stereocenters. The minimum atomic E-state index is -2.49.